The Morgan fingerprint density at radius 1 is 0.909 bits per heavy atom. The molecule has 0 N–H and O–H groups in total. The van der Waals surface area contributed by atoms with Gasteiger partial charge in [0.1, 0.15) is 0 Å². The molecule has 22 heavy (non-hydrogen) atoms. The minimum Gasteiger partial charge on any atom is -0.280 e. The number of aromatic nitrogens is 1. The van der Waals surface area contributed by atoms with Crippen molar-refractivity contribution in [1.29, 1.82) is 0 Å². The Labute approximate surface area is 131 Å². The van der Waals surface area contributed by atoms with Crippen LogP contribution in [0.4, 0.5) is 0 Å². The number of hydrogen-bond acceptors (Lipinski definition) is 1. The summed E-state index contributed by atoms with van der Waals surface area (Å²) in [5.41, 5.74) is 4.53. The van der Waals surface area contributed by atoms with Crippen molar-refractivity contribution >= 4 is 10.8 Å². The van der Waals surface area contributed by atoms with Crippen LogP contribution in [0.2, 0.25) is 0 Å². The lowest BCUT2D eigenvalue weighted by molar-refractivity contribution is 0.804. The zero-order valence-corrected chi connectivity index (χ0v) is 13.4. The maximum Gasteiger partial charge on any atom is 0.263 e. The third kappa shape index (κ3) is 2.25. The number of para-hydroxylation sites is 1. The zero-order chi connectivity index (χ0) is 15.7. The van der Waals surface area contributed by atoms with E-state index in [-0.39, 0.29) is 5.56 Å². The van der Waals surface area contributed by atoms with Crippen LogP contribution in [0.3, 0.4) is 0 Å². The molecule has 1 heterocycles. The second-order valence-electron chi connectivity index (χ2n) is 5.79. The van der Waals surface area contributed by atoms with Gasteiger partial charge < -0.3 is 0 Å². The van der Waals surface area contributed by atoms with Gasteiger partial charge in [0.2, 0.25) is 0 Å². The fourth-order valence-electron chi connectivity index (χ4n) is 3.17. The number of benzene rings is 2. The van der Waals surface area contributed by atoms with Crippen molar-refractivity contribution in [1.82, 2.24) is 4.57 Å². The second kappa shape index (κ2) is 5.80. The molecular formula is C20H21NO. The van der Waals surface area contributed by atoms with Gasteiger partial charge in [-0.3, -0.25) is 9.36 Å². The van der Waals surface area contributed by atoms with E-state index in [9.17, 15) is 4.79 Å². The molecule has 0 bridgehead atoms. The van der Waals surface area contributed by atoms with Gasteiger partial charge in [-0.05, 0) is 48.9 Å². The highest BCUT2D eigenvalue weighted by Gasteiger charge is 2.15. The number of nitrogens with zero attached hydrogens (tertiary/aromatic N) is 1. The summed E-state index contributed by atoms with van der Waals surface area (Å²) in [6, 6.07) is 16.0. The van der Waals surface area contributed by atoms with Crippen molar-refractivity contribution in [3.63, 3.8) is 0 Å². The van der Waals surface area contributed by atoms with Gasteiger partial charge in [-0.1, -0.05) is 49.7 Å². The molecule has 0 atom stereocenters. The van der Waals surface area contributed by atoms with Crippen molar-refractivity contribution in [2.24, 2.45) is 0 Å². The highest BCUT2D eigenvalue weighted by atomic mass is 16.1. The molecule has 112 valence electrons. The summed E-state index contributed by atoms with van der Waals surface area (Å²) in [6.45, 7) is 6.34. The Bertz CT molecular complexity index is 890. The summed E-state index contributed by atoms with van der Waals surface area (Å²) in [5, 5.41) is 1.86. The van der Waals surface area contributed by atoms with Crippen LogP contribution < -0.4 is 5.56 Å². The Kier molecular flexibility index (Phi) is 3.84. The van der Waals surface area contributed by atoms with Crippen molar-refractivity contribution in [3.05, 3.63) is 75.7 Å². The molecular weight excluding hydrogens is 270 g/mol. The molecule has 1 aromatic heterocycles. The Morgan fingerprint density at radius 3 is 2.23 bits per heavy atom. The first kappa shape index (κ1) is 14.6. The molecule has 2 heteroatoms. The first-order valence-corrected chi connectivity index (χ1v) is 7.84. The highest BCUT2D eigenvalue weighted by Crippen LogP contribution is 2.23. The summed E-state index contributed by atoms with van der Waals surface area (Å²) in [7, 11) is 0. The molecule has 0 radical (unpaired) electrons. The van der Waals surface area contributed by atoms with E-state index in [0.717, 1.165) is 40.6 Å². The molecule has 0 aliphatic carbocycles. The van der Waals surface area contributed by atoms with Gasteiger partial charge in [-0.2, -0.15) is 0 Å². The van der Waals surface area contributed by atoms with E-state index in [0.29, 0.717) is 0 Å². The number of aryl methyl sites for hydroxylation is 2. The molecule has 2 aromatic carbocycles. The monoisotopic (exact) mass is 291 g/mol. The van der Waals surface area contributed by atoms with Gasteiger partial charge in [0, 0.05) is 11.1 Å². The Hall–Kier alpha value is -2.35. The van der Waals surface area contributed by atoms with Gasteiger partial charge >= 0.3 is 0 Å². The van der Waals surface area contributed by atoms with Crippen molar-refractivity contribution in [2.45, 2.75) is 33.6 Å². The van der Waals surface area contributed by atoms with E-state index < -0.39 is 0 Å². The molecule has 2 nitrogen and oxygen atoms in total. The average molecular weight is 291 g/mol. The maximum absolute atomic E-state index is 13.1. The molecule has 0 saturated carbocycles. The zero-order valence-electron chi connectivity index (χ0n) is 13.4. The standard InChI is InChI=1S/C20H21NO/c1-4-9-19-15(3)16-11-6-7-12-17(16)20(22)21(19)18-13-8-5-10-14(18)2/h5-8,10-13H,4,9H2,1-3H3. The van der Waals surface area contributed by atoms with Gasteiger partial charge in [0.25, 0.3) is 5.56 Å². The molecule has 0 amide bonds. The second-order valence-corrected chi connectivity index (χ2v) is 5.79. The lowest BCUT2D eigenvalue weighted by Crippen LogP contribution is -2.24. The largest absolute Gasteiger partial charge is 0.280 e. The maximum atomic E-state index is 13.1. The van der Waals surface area contributed by atoms with Crippen LogP contribution in [0.25, 0.3) is 16.5 Å². The first-order chi connectivity index (χ1) is 10.6. The van der Waals surface area contributed by atoms with E-state index >= 15 is 0 Å². The van der Waals surface area contributed by atoms with Gasteiger partial charge in [0.15, 0.2) is 0 Å². The minimum atomic E-state index is 0.0824. The molecule has 3 rings (SSSR count). The lowest BCUT2D eigenvalue weighted by Gasteiger charge is -2.19. The molecule has 0 aliphatic rings. The minimum absolute atomic E-state index is 0.0824. The number of hydrogen-bond donors (Lipinski definition) is 0. The SMILES string of the molecule is CCCc1c(C)c2ccccc2c(=O)n1-c1ccccc1C. The van der Waals surface area contributed by atoms with Crippen molar-refractivity contribution in [2.75, 3.05) is 0 Å². The predicted molar refractivity (Wildman–Crippen MR) is 93.0 cm³/mol. The molecule has 0 saturated heterocycles. The van der Waals surface area contributed by atoms with Gasteiger partial charge in [0.05, 0.1) is 5.69 Å². The molecule has 0 aliphatic heterocycles. The number of rotatable bonds is 3. The van der Waals surface area contributed by atoms with Crippen molar-refractivity contribution < 1.29 is 0 Å². The van der Waals surface area contributed by atoms with Crippen LogP contribution in [0.15, 0.2) is 53.3 Å². The fourth-order valence-corrected chi connectivity index (χ4v) is 3.17. The summed E-state index contributed by atoms with van der Waals surface area (Å²) >= 11 is 0. The Balaban J connectivity index is 2.47. The summed E-state index contributed by atoms with van der Waals surface area (Å²) in [4.78, 5) is 13.1. The Morgan fingerprint density at radius 2 is 1.55 bits per heavy atom. The first-order valence-electron chi connectivity index (χ1n) is 7.84. The van der Waals surface area contributed by atoms with Crippen LogP contribution in [0, 0.1) is 13.8 Å². The third-order valence-electron chi connectivity index (χ3n) is 4.31. The molecule has 3 aromatic rings. The lowest BCUT2D eigenvalue weighted by atomic mass is 10.0. The highest BCUT2D eigenvalue weighted by molar-refractivity contribution is 5.85. The summed E-state index contributed by atoms with van der Waals surface area (Å²) in [6.07, 6.45) is 1.92. The third-order valence-corrected chi connectivity index (χ3v) is 4.31. The summed E-state index contributed by atoms with van der Waals surface area (Å²) < 4.78 is 1.91. The van der Waals surface area contributed by atoms with E-state index in [4.69, 9.17) is 0 Å². The van der Waals surface area contributed by atoms with Crippen LogP contribution >= 0.6 is 0 Å². The summed E-state index contributed by atoms with van der Waals surface area (Å²) in [5.74, 6) is 0. The van der Waals surface area contributed by atoms with Crippen LogP contribution in [0.1, 0.15) is 30.2 Å². The van der Waals surface area contributed by atoms with E-state index in [2.05, 4.69) is 26.8 Å². The van der Waals surface area contributed by atoms with E-state index in [1.807, 2.05) is 47.0 Å². The van der Waals surface area contributed by atoms with Crippen LogP contribution in [0.5, 0.6) is 0 Å². The topological polar surface area (TPSA) is 22.0 Å². The number of pyridine rings is 1. The predicted octanol–water partition coefficient (Wildman–Crippen LogP) is 4.56. The quantitative estimate of drug-likeness (QED) is 0.693. The van der Waals surface area contributed by atoms with Crippen LogP contribution in [-0.2, 0) is 6.42 Å². The van der Waals surface area contributed by atoms with E-state index in [1.54, 1.807) is 0 Å². The van der Waals surface area contributed by atoms with Crippen molar-refractivity contribution in [3.8, 4) is 5.69 Å². The molecule has 0 spiro atoms. The molecule has 0 fully saturated rings. The smallest absolute Gasteiger partial charge is 0.263 e. The fraction of sp³-hybridized carbons (Fsp3) is 0.250. The van der Waals surface area contributed by atoms with E-state index in [1.165, 1.54) is 5.56 Å². The normalized spacial score (nSPS) is 11.0. The average Bonchev–Trinajstić information content (AvgIpc) is 2.54. The van der Waals surface area contributed by atoms with Crippen LogP contribution in [-0.4, -0.2) is 4.57 Å². The van der Waals surface area contributed by atoms with Gasteiger partial charge in [-0.25, -0.2) is 0 Å². The molecule has 0 unspecified atom stereocenters. The number of fused-ring (bicyclic) bond motifs is 1. The van der Waals surface area contributed by atoms with Gasteiger partial charge in [-0.15, -0.1) is 0 Å².